The molecule has 0 amide bonds. The van der Waals surface area contributed by atoms with E-state index in [4.69, 9.17) is 10.2 Å². The predicted octanol–water partition coefficient (Wildman–Crippen LogP) is 0.826. The third kappa shape index (κ3) is 34.4. The first-order valence-electron chi connectivity index (χ1n) is 3.98. The third-order valence-electron chi connectivity index (χ3n) is 0.928. The van der Waals surface area contributed by atoms with Crippen LogP contribution in [-0.4, -0.2) is 39.2 Å². The van der Waals surface area contributed by atoms with Crippen LogP contribution in [0.3, 0.4) is 0 Å². The summed E-state index contributed by atoms with van der Waals surface area (Å²) in [5.41, 5.74) is 0. The van der Waals surface area contributed by atoms with Crippen molar-refractivity contribution >= 4 is 29.0 Å². The van der Waals surface area contributed by atoms with Crippen molar-refractivity contribution in [2.24, 2.45) is 0 Å². The van der Waals surface area contributed by atoms with E-state index in [2.05, 4.69) is 0 Å². The number of aliphatic carboxylic acids is 2. The van der Waals surface area contributed by atoms with Crippen LogP contribution in [0.25, 0.3) is 0 Å². The Kier molecular flexibility index (Phi) is 19.7. The summed E-state index contributed by atoms with van der Waals surface area (Å²) in [5, 5.41) is 15.8. The SMILES string of the molecule is CCCC(=O)O.CCCC(=O)O.[SeH2]. The molecule has 0 saturated heterocycles. The Morgan fingerprint density at radius 3 is 1.15 bits per heavy atom. The van der Waals surface area contributed by atoms with Gasteiger partial charge in [-0.05, 0) is 12.8 Å². The molecule has 0 aliphatic rings. The number of carbonyl (C=O) groups is 2. The van der Waals surface area contributed by atoms with Crippen LogP contribution in [0.4, 0.5) is 0 Å². The standard InChI is InChI=1S/2C4H8O2.H2Se/c2*1-2-3-4(5)6;/h2*2-3H2,1H3,(H,5,6);1H2. The first kappa shape index (κ1) is 18.3. The fourth-order valence-corrected chi connectivity index (χ4v) is 0.428. The molecule has 2 N–H and O–H groups in total. The van der Waals surface area contributed by atoms with E-state index in [1.807, 2.05) is 13.8 Å². The average molecular weight is 257 g/mol. The van der Waals surface area contributed by atoms with E-state index < -0.39 is 11.9 Å². The summed E-state index contributed by atoms with van der Waals surface area (Å²) in [6.45, 7) is 3.68. The van der Waals surface area contributed by atoms with Crippen molar-refractivity contribution in [3.8, 4) is 0 Å². The molecule has 0 aromatic carbocycles. The van der Waals surface area contributed by atoms with Crippen molar-refractivity contribution < 1.29 is 19.8 Å². The molecule has 0 unspecified atom stereocenters. The Morgan fingerprint density at radius 2 is 1.15 bits per heavy atom. The van der Waals surface area contributed by atoms with E-state index in [1.54, 1.807) is 0 Å². The second kappa shape index (κ2) is 14.0. The van der Waals surface area contributed by atoms with Crippen LogP contribution in [0.15, 0.2) is 0 Å². The van der Waals surface area contributed by atoms with Crippen LogP contribution in [0.5, 0.6) is 0 Å². The molecule has 0 aromatic heterocycles. The van der Waals surface area contributed by atoms with Crippen molar-refractivity contribution in [2.75, 3.05) is 0 Å². The maximum atomic E-state index is 9.60. The first-order valence-corrected chi connectivity index (χ1v) is 3.98. The van der Waals surface area contributed by atoms with Gasteiger partial charge in [-0.2, -0.15) is 0 Å². The van der Waals surface area contributed by atoms with Gasteiger partial charge in [-0.15, -0.1) is 0 Å². The average Bonchev–Trinajstić information content (AvgIpc) is 1.87. The summed E-state index contributed by atoms with van der Waals surface area (Å²) < 4.78 is 0. The van der Waals surface area contributed by atoms with Crippen LogP contribution < -0.4 is 0 Å². The molecular weight excluding hydrogens is 239 g/mol. The Balaban J connectivity index is -0.000000143. The fourth-order valence-electron chi connectivity index (χ4n) is 0.428. The Labute approximate surface area is 88.8 Å². The van der Waals surface area contributed by atoms with Gasteiger partial charge in [0.15, 0.2) is 0 Å². The molecule has 0 radical (unpaired) electrons. The Morgan fingerprint density at radius 1 is 0.923 bits per heavy atom. The molecule has 0 spiro atoms. The minimum atomic E-state index is -0.711. The normalized spacial score (nSPS) is 7.54. The minimum absolute atomic E-state index is 0. The molecule has 0 rings (SSSR count). The van der Waals surface area contributed by atoms with Gasteiger partial charge in [-0.1, -0.05) is 13.8 Å². The van der Waals surface area contributed by atoms with E-state index in [1.165, 1.54) is 0 Å². The van der Waals surface area contributed by atoms with Crippen LogP contribution in [-0.2, 0) is 9.59 Å². The molecule has 0 aliphatic heterocycles. The van der Waals surface area contributed by atoms with Gasteiger partial charge in [0.2, 0.25) is 0 Å². The number of carboxylic acid groups (broad SMARTS) is 2. The topological polar surface area (TPSA) is 74.6 Å². The number of hydrogen-bond acceptors (Lipinski definition) is 2. The molecule has 13 heavy (non-hydrogen) atoms. The number of carboxylic acids is 2. The van der Waals surface area contributed by atoms with Crippen LogP contribution in [0.2, 0.25) is 0 Å². The molecule has 5 heteroatoms. The zero-order valence-corrected chi connectivity index (χ0v) is 10.1. The number of hydrogen-bond donors (Lipinski definition) is 2. The second-order valence-electron chi connectivity index (χ2n) is 2.29. The number of rotatable bonds is 4. The molecule has 0 saturated carbocycles. The fraction of sp³-hybridized carbons (Fsp3) is 0.750. The van der Waals surface area contributed by atoms with Crippen molar-refractivity contribution in [2.45, 2.75) is 39.5 Å². The van der Waals surface area contributed by atoms with Gasteiger partial charge in [-0.3, -0.25) is 9.59 Å². The summed E-state index contributed by atoms with van der Waals surface area (Å²) in [4.78, 5) is 19.2. The maximum absolute atomic E-state index is 9.60. The van der Waals surface area contributed by atoms with Gasteiger partial charge < -0.3 is 10.2 Å². The van der Waals surface area contributed by atoms with E-state index >= 15 is 0 Å². The molecular formula is C8H18O4Se. The van der Waals surface area contributed by atoms with Crippen LogP contribution in [0, 0.1) is 0 Å². The molecule has 0 aliphatic carbocycles. The molecule has 80 valence electrons. The van der Waals surface area contributed by atoms with E-state index in [0.717, 1.165) is 12.8 Å². The van der Waals surface area contributed by atoms with Gasteiger partial charge in [0, 0.05) is 12.8 Å². The first-order chi connectivity index (χ1) is 5.54. The third-order valence-corrected chi connectivity index (χ3v) is 0.928. The van der Waals surface area contributed by atoms with Crippen LogP contribution in [0.1, 0.15) is 39.5 Å². The van der Waals surface area contributed by atoms with Gasteiger partial charge in [0.1, 0.15) is 0 Å². The molecule has 0 bridgehead atoms. The summed E-state index contributed by atoms with van der Waals surface area (Å²) in [6.07, 6.45) is 2.05. The monoisotopic (exact) mass is 258 g/mol. The Bertz CT molecular complexity index is 120. The van der Waals surface area contributed by atoms with Gasteiger partial charge in [-0.25, -0.2) is 0 Å². The van der Waals surface area contributed by atoms with E-state index in [9.17, 15) is 9.59 Å². The molecule has 0 aromatic rings. The predicted molar refractivity (Wildman–Crippen MR) is 53.6 cm³/mol. The van der Waals surface area contributed by atoms with Crippen LogP contribution >= 0.6 is 0 Å². The summed E-state index contributed by atoms with van der Waals surface area (Å²) in [5.74, 6) is -1.42. The molecule has 0 atom stereocenters. The van der Waals surface area contributed by atoms with Gasteiger partial charge in [0.05, 0.1) is 0 Å². The second-order valence-corrected chi connectivity index (χ2v) is 2.29. The Hall–Kier alpha value is -0.541. The zero-order chi connectivity index (χ0) is 9.98. The molecule has 0 heterocycles. The van der Waals surface area contributed by atoms with Crippen molar-refractivity contribution in [3.05, 3.63) is 0 Å². The summed E-state index contributed by atoms with van der Waals surface area (Å²) in [6, 6.07) is 0. The molecule has 0 fully saturated rings. The molecule has 4 nitrogen and oxygen atoms in total. The van der Waals surface area contributed by atoms with Crippen molar-refractivity contribution in [1.29, 1.82) is 0 Å². The van der Waals surface area contributed by atoms with Crippen molar-refractivity contribution in [3.63, 3.8) is 0 Å². The van der Waals surface area contributed by atoms with E-state index in [0.29, 0.717) is 12.8 Å². The summed E-state index contributed by atoms with van der Waals surface area (Å²) >= 11 is 0. The quantitative estimate of drug-likeness (QED) is 0.731. The summed E-state index contributed by atoms with van der Waals surface area (Å²) in [7, 11) is 0. The van der Waals surface area contributed by atoms with E-state index in [-0.39, 0.29) is 17.1 Å². The van der Waals surface area contributed by atoms with Gasteiger partial charge in [0.25, 0.3) is 0 Å². The van der Waals surface area contributed by atoms with Crippen molar-refractivity contribution in [1.82, 2.24) is 0 Å². The van der Waals surface area contributed by atoms with Gasteiger partial charge >= 0.3 is 29.0 Å². The zero-order valence-electron chi connectivity index (χ0n) is 8.04.